The van der Waals surface area contributed by atoms with E-state index in [-0.39, 0.29) is 11.8 Å². The number of hydrogen-bond acceptors (Lipinski definition) is 3. The molecule has 2 aromatic rings. The average Bonchev–Trinajstić information content (AvgIpc) is 2.64. The third-order valence-corrected chi connectivity index (χ3v) is 5.01. The summed E-state index contributed by atoms with van der Waals surface area (Å²) in [7, 11) is 0. The van der Waals surface area contributed by atoms with Crippen LogP contribution in [-0.4, -0.2) is 29.8 Å². The van der Waals surface area contributed by atoms with Gasteiger partial charge in [-0.1, -0.05) is 35.9 Å². The number of benzene rings is 2. The molecule has 1 saturated heterocycles. The molecule has 6 heteroatoms. The fourth-order valence-corrected chi connectivity index (χ4v) is 3.47. The predicted octanol–water partition coefficient (Wildman–Crippen LogP) is 3.29. The maximum absolute atomic E-state index is 12.6. The highest BCUT2D eigenvalue weighted by Crippen LogP contribution is 2.23. The van der Waals surface area contributed by atoms with Crippen molar-refractivity contribution in [2.75, 3.05) is 18.4 Å². The van der Waals surface area contributed by atoms with Gasteiger partial charge in [-0.2, -0.15) is 0 Å². The van der Waals surface area contributed by atoms with Gasteiger partial charge >= 0.3 is 0 Å². The van der Waals surface area contributed by atoms with Crippen LogP contribution in [0.2, 0.25) is 5.02 Å². The second-order valence-corrected chi connectivity index (χ2v) is 7.01. The molecule has 1 heterocycles. The number of rotatable bonds is 5. The smallest absolute Gasteiger partial charge is 0.248 e. The zero-order valence-corrected chi connectivity index (χ0v) is 15.2. The van der Waals surface area contributed by atoms with Gasteiger partial charge in [0.1, 0.15) is 0 Å². The van der Waals surface area contributed by atoms with Crippen LogP contribution in [0.15, 0.2) is 48.5 Å². The Labute approximate surface area is 158 Å². The van der Waals surface area contributed by atoms with Crippen LogP contribution >= 0.6 is 11.6 Å². The maximum Gasteiger partial charge on any atom is 0.248 e. The van der Waals surface area contributed by atoms with Crippen LogP contribution in [-0.2, 0) is 11.3 Å². The molecule has 2 aromatic carbocycles. The van der Waals surface area contributed by atoms with Gasteiger partial charge in [-0.25, -0.2) is 0 Å². The minimum absolute atomic E-state index is 0.0320. The van der Waals surface area contributed by atoms with E-state index >= 15 is 0 Å². The van der Waals surface area contributed by atoms with Crippen molar-refractivity contribution in [1.29, 1.82) is 0 Å². The summed E-state index contributed by atoms with van der Waals surface area (Å²) in [5.74, 6) is -0.636. The zero-order chi connectivity index (χ0) is 18.5. The van der Waals surface area contributed by atoms with Crippen molar-refractivity contribution >= 4 is 29.1 Å². The Kier molecular flexibility index (Phi) is 5.91. The molecule has 26 heavy (non-hydrogen) atoms. The van der Waals surface area contributed by atoms with Gasteiger partial charge in [-0.3, -0.25) is 14.5 Å². The highest BCUT2D eigenvalue weighted by atomic mass is 35.5. The molecule has 1 atom stereocenters. The van der Waals surface area contributed by atoms with Crippen LogP contribution in [0.5, 0.6) is 0 Å². The van der Waals surface area contributed by atoms with E-state index in [2.05, 4.69) is 10.2 Å². The second kappa shape index (κ2) is 8.34. The van der Waals surface area contributed by atoms with Gasteiger partial charge < -0.3 is 11.1 Å². The van der Waals surface area contributed by atoms with Gasteiger partial charge in [-0.15, -0.1) is 0 Å². The molecule has 0 bridgehead atoms. The number of halogens is 1. The molecule has 1 unspecified atom stereocenters. The third-order valence-electron chi connectivity index (χ3n) is 4.64. The summed E-state index contributed by atoms with van der Waals surface area (Å²) in [6, 6.07) is 14.5. The van der Waals surface area contributed by atoms with Crippen molar-refractivity contribution in [3.8, 4) is 0 Å². The summed E-state index contributed by atoms with van der Waals surface area (Å²) in [6.45, 7) is 2.37. The number of primary amides is 1. The van der Waals surface area contributed by atoms with Gasteiger partial charge in [0.25, 0.3) is 0 Å². The zero-order valence-electron chi connectivity index (χ0n) is 14.5. The largest absolute Gasteiger partial charge is 0.366 e. The average molecular weight is 372 g/mol. The van der Waals surface area contributed by atoms with Crippen LogP contribution < -0.4 is 11.1 Å². The summed E-state index contributed by atoms with van der Waals surface area (Å²) in [6.07, 6.45) is 1.81. The molecule has 1 fully saturated rings. The lowest BCUT2D eigenvalue weighted by molar-refractivity contribution is -0.121. The van der Waals surface area contributed by atoms with Gasteiger partial charge in [0.05, 0.1) is 5.92 Å². The topological polar surface area (TPSA) is 75.4 Å². The minimum Gasteiger partial charge on any atom is -0.366 e. The maximum atomic E-state index is 12.6. The molecule has 0 aliphatic carbocycles. The van der Waals surface area contributed by atoms with E-state index in [1.807, 2.05) is 24.3 Å². The first-order valence-electron chi connectivity index (χ1n) is 8.69. The Morgan fingerprint density at radius 1 is 1.19 bits per heavy atom. The van der Waals surface area contributed by atoms with E-state index in [9.17, 15) is 9.59 Å². The van der Waals surface area contributed by atoms with E-state index < -0.39 is 5.91 Å². The lowest BCUT2D eigenvalue weighted by Crippen LogP contribution is -2.40. The Morgan fingerprint density at radius 3 is 2.77 bits per heavy atom. The number of anilines is 1. The lowest BCUT2D eigenvalue weighted by Gasteiger charge is -2.32. The molecule has 0 spiro atoms. The van der Waals surface area contributed by atoms with Crippen LogP contribution in [0, 0.1) is 5.92 Å². The summed E-state index contributed by atoms with van der Waals surface area (Å²) in [5.41, 5.74) is 7.34. The number of amides is 2. The number of hydrogen-bond donors (Lipinski definition) is 2. The summed E-state index contributed by atoms with van der Waals surface area (Å²) >= 11 is 6.25. The summed E-state index contributed by atoms with van der Waals surface area (Å²) < 4.78 is 0. The normalized spacial score (nSPS) is 17.7. The predicted molar refractivity (Wildman–Crippen MR) is 103 cm³/mol. The van der Waals surface area contributed by atoms with Crippen LogP contribution in [0.4, 0.5) is 5.69 Å². The van der Waals surface area contributed by atoms with E-state index in [1.54, 1.807) is 24.3 Å². The monoisotopic (exact) mass is 371 g/mol. The Bertz CT molecular complexity index is 809. The van der Waals surface area contributed by atoms with E-state index in [0.717, 1.165) is 36.5 Å². The van der Waals surface area contributed by atoms with Crippen molar-refractivity contribution < 1.29 is 9.59 Å². The first kappa shape index (κ1) is 18.4. The fourth-order valence-electron chi connectivity index (χ4n) is 3.28. The molecule has 2 amide bonds. The van der Waals surface area contributed by atoms with Crippen molar-refractivity contribution in [1.82, 2.24) is 4.90 Å². The molecule has 5 nitrogen and oxygen atoms in total. The number of carbonyl (C=O) groups is 2. The van der Waals surface area contributed by atoms with Gasteiger partial charge in [0, 0.05) is 29.4 Å². The fraction of sp³-hybridized carbons (Fsp3) is 0.300. The molecule has 1 aliphatic rings. The molecular formula is C20H22ClN3O2. The summed E-state index contributed by atoms with van der Waals surface area (Å²) in [5, 5.41) is 3.66. The Hall–Kier alpha value is -2.37. The van der Waals surface area contributed by atoms with Gasteiger partial charge in [-0.05, 0) is 49.2 Å². The highest BCUT2D eigenvalue weighted by molar-refractivity contribution is 6.31. The second-order valence-electron chi connectivity index (χ2n) is 6.60. The van der Waals surface area contributed by atoms with E-state index in [4.69, 9.17) is 17.3 Å². The van der Waals surface area contributed by atoms with E-state index in [1.165, 1.54) is 0 Å². The third kappa shape index (κ3) is 4.62. The lowest BCUT2D eigenvalue weighted by atomic mass is 9.96. The van der Waals surface area contributed by atoms with Crippen LogP contribution in [0.3, 0.4) is 0 Å². The number of likely N-dealkylation sites (tertiary alicyclic amines) is 1. The number of carbonyl (C=O) groups excluding carboxylic acids is 2. The Balaban J connectivity index is 1.62. The number of nitrogens with two attached hydrogens (primary N) is 1. The highest BCUT2D eigenvalue weighted by Gasteiger charge is 2.26. The molecule has 136 valence electrons. The number of nitrogens with zero attached hydrogens (tertiary/aromatic N) is 1. The number of piperidine rings is 1. The molecular weight excluding hydrogens is 350 g/mol. The van der Waals surface area contributed by atoms with Crippen molar-refractivity contribution in [3.05, 3.63) is 64.7 Å². The Morgan fingerprint density at radius 2 is 2.00 bits per heavy atom. The molecule has 0 radical (unpaired) electrons. The van der Waals surface area contributed by atoms with Crippen LogP contribution in [0.25, 0.3) is 0 Å². The van der Waals surface area contributed by atoms with Crippen molar-refractivity contribution in [3.63, 3.8) is 0 Å². The molecule has 1 aliphatic heterocycles. The van der Waals surface area contributed by atoms with Crippen molar-refractivity contribution in [2.24, 2.45) is 11.7 Å². The van der Waals surface area contributed by atoms with Crippen LogP contribution in [0.1, 0.15) is 28.8 Å². The van der Waals surface area contributed by atoms with Crippen molar-refractivity contribution in [2.45, 2.75) is 19.4 Å². The summed E-state index contributed by atoms with van der Waals surface area (Å²) in [4.78, 5) is 26.2. The standard InChI is InChI=1S/C20H22ClN3O2/c21-18-9-2-1-5-15(18)12-24-10-4-7-16(13-24)20(26)23-17-8-3-6-14(11-17)19(22)25/h1-3,5-6,8-9,11,16H,4,7,10,12-13H2,(H2,22,25)(H,23,26). The number of nitrogens with one attached hydrogen (secondary N) is 1. The first-order chi connectivity index (χ1) is 12.5. The molecule has 3 N–H and O–H groups in total. The molecule has 0 aromatic heterocycles. The van der Waals surface area contributed by atoms with Gasteiger partial charge in [0.15, 0.2) is 0 Å². The quantitative estimate of drug-likeness (QED) is 0.846. The SMILES string of the molecule is NC(=O)c1cccc(NC(=O)C2CCCN(Cc3ccccc3Cl)C2)c1. The molecule has 0 saturated carbocycles. The van der Waals surface area contributed by atoms with E-state index in [0.29, 0.717) is 17.8 Å². The first-order valence-corrected chi connectivity index (χ1v) is 9.07. The minimum atomic E-state index is -0.510. The van der Waals surface area contributed by atoms with Gasteiger partial charge in [0.2, 0.25) is 11.8 Å². The molecule has 3 rings (SSSR count).